The van der Waals surface area contributed by atoms with Crippen LogP contribution < -0.4 is 0 Å². The van der Waals surface area contributed by atoms with Crippen LogP contribution in [0.15, 0.2) is 145 Å². The summed E-state index contributed by atoms with van der Waals surface area (Å²) in [6, 6.07) is 50.4. The fourth-order valence-corrected chi connectivity index (χ4v) is 7.87. The number of benzene rings is 1. The molecule has 0 aliphatic heterocycles. The normalized spacial score (nSPS) is 11.7. The molecule has 0 amide bonds. The Morgan fingerprint density at radius 3 is 1.38 bits per heavy atom. The molecule has 0 bridgehead atoms. The molecule has 0 aliphatic rings. The molecular formula is C40H53FeN3OPZr-9. The van der Waals surface area contributed by atoms with Crippen molar-refractivity contribution in [3.8, 4) is 0 Å². The van der Waals surface area contributed by atoms with E-state index in [2.05, 4.69) is 76.9 Å². The Balaban J connectivity index is 0.00000100. The molecule has 1 atom stereocenters. The van der Waals surface area contributed by atoms with Crippen LogP contribution in [-0.2, 0) is 43.3 Å². The summed E-state index contributed by atoms with van der Waals surface area (Å²) < 4.78 is 5.10. The molecule has 1 N–H and O–H groups in total. The van der Waals surface area contributed by atoms with Crippen molar-refractivity contribution in [2.24, 2.45) is 4.99 Å². The Labute approximate surface area is 316 Å². The number of rotatable bonds is 10. The van der Waals surface area contributed by atoms with Crippen LogP contribution in [0.1, 0.15) is 72.7 Å². The number of hydrogen-bond donors (Lipinski definition) is 1. The molecule has 47 heavy (non-hydrogen) atoms. The molecule has 0 fully saturated rings. The molecule has 5 rings (SSSR count). The maximum Gasteiger partial charge on any atom is 0.116 e. The first-order valence-electron chi connectivity index (χ1n) is 16.0. The molecule has 0 spiro atoms. The van der Waals surface area contributed by atoms with Crippen molar-refractivity contribution >= 4 is 13.7 Å². The van der Waals surface area contributed by atoms with E-state index in [1.807, 2.05) is 133 Å². The standard InChI is InChI=1S/C25H38N3OP.3C5H5.Fe.Zr/c1-18(2)27(19(3)4)30(28(20(5)6)21(7)8)25(23-16-10-9-11-17-23)26-24(29)22-14-12-13-15-22;3*1-2-4-5-3-1;;/h9-16,18-21,24,29H,1-8H3;3*1-5H;;/q-2;-5;2*-1;;. The van der Waals surface area contributed by atoms with Gasteiger partial charge in [0.05, 0.1) is 0 Å². The molecule has 7 heteroatoms. The molecule has 4 nitrogen and oxygen atoms in total. The van der Waals surface area contributed by atoms with Gasteiger partial charge in [-0.3, -0.25) is 9.34 Å². The second kappa shape index (κ2) is 25.9. The zero-order valence-corrected chi connectivity index (χ0v) is 33.7. The van der Waals surface area contributed by atoms with Crippen molar-refractivity contribution in [1.82, 2.24) is 9.34 Å². The minimum absolute atomic E-state index is 0. The summed E-state index contributed by atoms with van der Waals surface area (Å²) in [6.45, 7) is 18.0. The molecule has 0 aliphatic carbocycles. The zero-order chi connectivity index (χ0) is 33.0. The number of aliphatic hydroxyl groups excluding tert-OH is 1. The average Bonchev–Trinajstić information content (AvgIpc) is 3.86. The Bertz CT molecular complexity index is 1180. The van der Waals surface area contributed by atoms with Gasteiger partial charge in [0.25, 0.3) is 0 Å². The van der Waals surface area contributed by atoms with E-state index in [1.165, 1.54) is 0 Å². The maximum absolute atomic E-state index is 11.0. The molecule has 0 heterocycles. The molecule has 1 unspecified atom stereocenters. The van der Waals surface area contributed by atoms with Gasteiger partial charge in [-0.25, -0.2) is 36.4 Å². The van der Waals surface area contributed by atoms with E-state index in [9.17, 15) is 5.11 Å². The van der Waals surface area contributed by atoms with Gasteiger partial charge in [-0.1, -0.05) is 0 Å². The summed E-state index contributed by atoms with van der Waals surface area (Å²) in [4.78, 5) is 4.95. The number of aliphatic imine (C=N–C) groups is 1. The predicted octanol–water partition coefficient (Wildman–Crippen LogP) is 10.4. The van der Waals surface area contributed by atoms with Crippen molar-refractivity contribution in [1.29, 1.82) is 0 Å². The summed E-state index contributed by atoms with van der Waals surface area (Å²) in [6.07, 6.45) is -0.893. The van der Waals surface area contributed by atoms with Crippen LogP contribution in [0.4, 0.5) is 0 Å². The van der Waals surface area contributed by atoms with Crippen LogP contribution in [0.25, 0.3) is 0 Å². The van der Waals surface area contributed by atoms with Gasteiger partial charge in [-0.05, 0) is 55.4 Å². The minimum Gasteiger partial charge on any atom is -0.748 e. The third-order valence-corrected chi connectivity index (χ3v) is 10.0. The Morgan fingerprint density at radius 2 is 1.09 bits per heavy atom. The van der Waals surface area contributed by atoms with Gasteiger partial charge in [0, 0.05) is 81.1 Å². The first-order chi connectivity index (χ1) is 21.6. The van der Waals surface area contributed by atoms with Crippen molar-refractivity contribution in [2.75, 3.05) is 0 Å². The van der Waals surface area contributed by atoms with Gasteiger partial charge in [0.15, 0.2) is 0 Å². The van der Waals surface area contributed by atoms with Gasteiger partial charge in [-0.2, -0.15) is 48.5 Å². The molecule has 0 radical (unpaired) electrons. The molecule has 0 saturated heterocycles. The molecule has 5 aromatic rings. The summed E-state index contributed by atoms with van der Waals surface area (Å²) in [5.41, 5.74) is 2.69. The molecule has 0 saturated carbocycles. The average molecular weight is 770 g/mol. The predicted molar refractivity (Wildman–Crippen MR) is 196 cm³/mol. The van der Waals surface area contributed by atoms with Crippen molar-refractivity contribution in [3.05, 3.63) is 157 Å². The number of hydrogen-bond acceptors (Lipinski definition) is 4. The van der Waals surface area contributed by atoms with Crippen LogP contribution >= 0.6 is 8.22 Å². The van der Waals surface area contributed by atoms with Gasteiger partial charge in [-0.15, -0.1) is 41.5 Å². The first-order valence-corrected chi connectivity index (χ1v) is 17.2. The topological polar surface area (TPSA) is 39.1 Å². The van der Waals surface area contributed by atoms with Crippen LogP contribution in [-0.4, -0.2) is 44.1 Å². The van der Waals surface area contributed by atoms with Gasteiger partial charge < -0.3 is 40.4 Å². The first kappa shape index (κ1) is 45.0. The molecule has 260 valence electrons. The van der Waals surface area contributed by atoms with E-state index < -0.39 is 14.5 Å². The Hall–Kier alpha value is -2.00. The van der Waals surface area contributed by atoms with Gasteiger partial charge in [0.2, 0.25) is 0 Å². The van der Waals surface area contributed by atoms with E-state index in [0.29, 0.717) is 24.2 Å². The van der Waals surface area contributed by atoms with Crippen LogP contribution in [0, 0.1) is 6.07 Å². The third-order valence-electron chi connectivity index (χ3n) is 6.59. The molecule has 5 aromatic carbocycles. The van der Waals surface area contributed by atoms with Crippen molar-refractivity contribution in [2.45, 2.75) is 85.8 Å². The monoisotopic (exact) mass is 768 g/mol. The Morgan fingerprint density at radius 1 is 0.681 bits per heavy atom. The summed E-state index contributed by atoms with van der Waals surface area (Å²) in [5.74, 6) is 0. The zero-order valence-electron chi connectivity index (χ0n) is 29.3. The van der Waals surface area contributed by atoms with Crippen LogP contribution in [0.2, 0.25) is 0 Å². The fraction of sp³-hybridized carbons (Fsp3) is 0.325. The molecular weight excluding hydrogens is 717 g/mol. The summed E-state index contributed by atoms with van der Waals surface area (Å²) in [5, 5.41) is 11.0. The summed E-state index contributed by atoms with van der Waals surface area (Å²) in [7, 11) is -0.968. The van der Waals surface area contributed by atoms with Gasteiger partial charge in [0.1, 0.15) is 6.23 Å². The number of aliphatic hydroxyl groups is 1. The second-order valence-corrected chi connectivity index (χ2v) is 13.6. The van der Waals surface area contributed by atoms with E-state index in [-0.39, 0.29) is 43.3 Å². The fourth-order valence-electron chi connectivity index (χ4n) is 4.88. The van der Waals surface area contributed by atoms with Crippen molar-refractivity contribution in [3.63, 3.8) is 0 Å². The second-order valence-electron chi connectivity index (χ2n) is 11.6. The SMILES string of the molecule is CC(C)N(C(C)C)P(C(=NC(O)[c-]1cccc1)c1[c-]cccc1)N(C(C)C)C(C)C.[Fe].[Zr].[cH-]1[cH-][cH-][cH-][cH-]1.c1cc[cH-]c1.c1cc[cH-]c1. The molecule has 0 aromatic heterocycles. The van der Waals surface area contributed by atoms with E-state index in [0.717, 1.165) is 16.6 Å². The smallest absolute Gasteiger partial charge is 0.116 e. The summed E-state index contributed by atoms with van der Waals surface area (Å²) >= 11 is 0. The van der Waals surface area contributed by atoms with E-state index in [4.69, 9.17) is 4.99 Å². The maximum atomic E-state index is 11.0. The van der Waals surface area contributed by atoms with Crippen molar-refractivity contribution < 1.29 is 48.4 Å². The largest absolute Gasteiger partial charge is 0.748 e. The van der Waals surface area contributed by atoms with E-state index >= 15 is 0 Å². The minimum atomic E-state index is -0.968. The van der Waals surface area contributed by atoms with Crippen LogP contribution in [0.5, 0.6) is 0 Å². The van der Waals surface area contributed by atoms with Gasteiger partial charge >= 0.3 is 0 Å². The quantitative estimate of drug-likeness (QED) is 0.0666. The third kappa shape index (κ3) is 16.8. The Kier molecular flexibility index (Phi) is 24.8. The van der Waals surface area contributed by atoms with Crippen LogP contribution in [0.3, 0.4) is 0 Å². The van der Waals surface area contributed by atoms with E-state index in [1.54, 1.807) is 0 Å². The number of nitrogens with zero attached hydrogens (tertiary/aromatic N) is 3.